The lowest BCUT2D eigenvalue weighted by atomic mass is 10.1. The van der Waals surface area contributed by atoms with Gasteiger partial charge in [-0.15, -0.1) is 6.42 Å². The van der Waals surface area contributed by atoms with Crippen molar-refractivity contribution in [3.8, 4) is 18.1 Å². The molecule has 0 aliphatic carbocycles. The van der Waals surface area contributed by atoms with Gasteiger partial charge in [0.2, 0.25) is 0 Å². The van der Waals surface area contributed by atoms with E-state index in [0.29, 0.717) is 10.9 Å². The largest absolute Gasteiger partial charge is 0.433 e. The molecule has 1 amide bonds. The van der Waals surface area contributed by atoms with Crippen LogP contribution in [-0.2, 0) is 6.54 Å². The van der Waals surface area contributed by atoms with E-state index in [2.05, 4.69) is 21.1 Å². The Kier molecular flexibility index (Phi) is 5.03. The smallest absolute Gasteiger partial charge is 0.387 e. The lowest BCUT2D eigenvalue weighted by Gasteiger charge is -2.09. The van der Waals surface area contributed by atoms with Gasteiger partial charge in [-0.3, -0.25) is 4.79 Å². The van der Waals surface area contributed by atoms with Gasteiger partial charge in [-0.25, -0.2) is 9.07 Å². The Morgan fingerprint density at radius 3 is 2.67 bits per heavy atom. The molecule has 3 rings (SSSR count). The third-order valence-corrected chi connectivity index (χ3v) is 3.75. The van der Waals surface area contributed by atoms with Crippen LogP contribution < -0.4 is 10.1 Å². The molecule has 5 nitrogen and oxygen atoms in total. The normalized spacial score (nSPS) is 10.8. The predicted octanol–water partition coefficient (Wildman–Crippen LogP) is 3.97. The fourth-order valence-electron chi connectivity index (χ4n) is 2.68. The quantitative estimate of drug-likeness (QED) is 0.689. The van der Waals surface area contributed by atoms with Crippen molar-refractivity contribution in [2.75, 3.05) is 5.32 Å². The number of hydrogen-bond donors (Lipinski definition) is 1. The third-order valence-electron chi connectivity index (χ3n) is 3.75. The number of aromatic nitrogens is 2. The van der Waals surface area contributed by atoms with Crippen molar-refractivity contribution in [2.45, 2.75) is 20.1 Å². The van der Waals surface area contributed by atoms with E-state index in [9.17, 15) is 18.0 Å². The number of nitrogens with one attached hydrogen (secondary N) is 1. The number of fused-ring (bicyclic) bond motifs is 1. The Hall–Kier alpha value is -3.47. The van der Waals surface area contributed by atoms with Crippen LogP contribution >= 0.6 is 0 Å². The molecule has 1 N–H and O–H groups in total. The average Bonchev–Trinajstić information content (AvgIpc) is 2.92. The van der Waals surface area contributed by atoms with Crippen LogP contribution in [0.5, 0.6) is 5.75 Å². The molecular weight excluding hydrogens is 359 g/mol. The number of anilines is 1. The van der Waals surface area contributed by atoms with Gasteiger partial charge in [0.25, 0.3) is 5.91 Å². The van der Waals surface area contributed by atoms with Crippen molar-refractivity contribution in [1.82, 2.24) is 9.78 Å². The SMILES string of the molecule is C#CCn1nc(NC(=O)c2ccc(F)cc2)c2cc(C)cc(OC(F)F)c21. The fraction of sp³-hybridized carbons (Fsp3) is 0.158. The Labute approximate surface area is 152 Å². The van der Waals surface area contributed by atoms with Gasteiger partial charge in [-0.05, 0) is 48.9 Å². The van der Waals surface area contributed by atoms with E-state index >= 15 is 0 Å². The zero-order valence-electron chi connectivity index (χ0n) is 14.2. The van der Waals surface area contributed by atoms with E-state index in [1.165, 1.54) is 22.9 Å². The maximum absolute atomic E-state index is 13.0. The zero-order valence-corrected chi connectivity index (χ0v) is 14.2. The molecule has 0 unspecified atom stereocenters. The van der Waals surface area contributed by atoms with Crippen LogP contribution in [0.1, 0.15) is 15.9 Å². The Balaban J connectivity index is 2.07. The van der Waals surface area contributed by atoms with E-state index in [0.717, 1.165) is 12.1 Å². The highest BCUT2D eigenvalue weighted by Gasteiger charge is 2.20. The summed E-state index contributed by atoms with van der Waals surface area (Å²) in [6.07, 6.45) is 5.33. The van der Waals surface area contributed by atoms with E-state index in [1.807, 2.05) is 0 Å². The standard InChI is InChI=1S/C19H14F3N3O2/c1-3-8-25-16-14(9-11(2)10-15(16)27-19(21)22)17(24-25)23-18(26)12-4-6-13(20)7-5-12/h1,4-7,9-10,19H,8H2,2H3,(H,23,24,26). The lowest BCUT2D eigenvalue weighted by Crippen LogP contribution is -2.12. The van der Waals surface area contributed by atoms with E-state index in [4.69, 9.17) is 6.42 Å². The van der Waals surface area contributed by atoms with Crippen molar-refractivity contribution >= 4 is 22.6 Å². The lowest BCUT2D eigenvalue weighted by molar-refractivity contribution is -0.0490. The van der Waals surface area contributed by atoms with Crippen LogP contribution in [0.15, 0.2) is 36.4 Å². The molecule has 0 aliphatic rings. The summed E-state index contributed by atoms with van der Waals surface area (Å²) in [7, 11) is 0. The Bertz CT molecular complexity index is 1040. The van der Waals surface area contributed by atoms with Gasteiger partial charge < -0.3 is 10.1 Å². The molecule has 0 atom stereocenters. The molecule has 1 aromatic heterocycles. The molecule has 0 bridgehead atoms. The summed E-state index contributed by atoms with van der Waals surface area (Å²) in [4.78, 5) is 12.4. The highest BCUT2D eigenvalue weighted by Crippen LogP contribution is 2.33. The van der Waals surface area contributed by atoms with Crippen LogP contribution in [0, 0.1) is 25.1 Å². The minimum absolute atomic E-state index is 0.00836. The van der Waals surface area contributed by atoms with Crippen LogP contribution in [0.2, 0.25) is 0 Å². The summed E-state index contributed by atoms with van der Waals surface area (Å²) in [5.41, 5.74) is 1.09. The highest BCUT2D eigenvalue weighted by atomic mass is 19.3. The summed E-state index contributed by atoms with van der Waals surface area (Å²) in [5.74, 6) is 1.42. The molecule has 8 heteroatoms. The molecule has 0 aliphatic heterocycles. The van der Waals surface area contributed by atoms with Crippen molar-refractivity contribution in [3.63, 3.8) is 0 Å². The topological polar surface area (TPSA) is 56.2 Å². The molecule has 0 saturated heterocycles. The first-order chi connectivity index (χ1) is 12.9. The molecule has 2 aromatic carbocycles. The van der Waals surface area contributed by atoms with Crippen LogP contribution in [0.3, 0.4) is 0 Å². The number of carbonyl (C=O) groups is 1. The number of halogens is 3. The van der Waals surface area contributed by atoms with Crippen LogP contribution in [0.25, 0.3) is 10.9 Å². The number of benzene rings is 2. The van der Waals surface area contributed by atoms with E-state index in [1.54, 1.807) is 13.0 Å². The summed E-state index contributed by atoms with van der Waals surface area (Å²) < 4.78 is 44.5. The second kappa shape index (κ2) is 7.41. The van der Waals surface area contributed by atoms with Gasteiger partial charge in [0.15, 0.2) is 11.6 Å². The molecular formula is C19H14F3N3O2. The summed E-state index contributed by atoms with van der Waals surface area (Å²) >= 11 is 0. The third kappa shape index (κ3) is 3.87. The van der Waals surface area contributed by atoms with Gasteiger partial charge in [-0.1, -0.05) is 5.92 Å². The summed E-state index contributed by atoms with van der Waals surface area (Å²) in [5, 5.41) is 7.22. The first kappa shape index (κ1) is 18.3. The van der Waals surface area contributed by atoms with Crippen LogP contribution in [-0.4, -0.2) is 22.3 Å². The summed E-state index contributed by atoms with van der Waals surface area (Å²) in [6.45, 7) is -1.34. The summed E-state index contributed by atoms with van der Waals surface area (Å²) in [6, 6.07) is 8.07. The zero-order chi connectivity index (χ0) is 19.6. The molecule has 0 saturated carbocycles. The minimum atomic E-state index is -3.03. The second-order valence-electron chi connectivity index (χ2n) is 5.71. The predicted molar refractivity (Wildman–Crippen MR) is 94.3 cm³/mol. The monoisotopic (exact) mass is 373 g/mol. The minimum Gasteiger partial charge on any atom is -0.433 e. The maximum Gasteiger partial charge on any atom is 0.387 e. The average molecular weight is 373 g/mol. The first-order valence-corrected chi connectivity index (χ1v) is 7.85. The Morgan fingerprint density at radius 2 is 2.04 bits per heavy atom. The van der Waals surface area contributed by atoms with Crippen molar-refractivity contribution in [1.29, 1.82) is 0 Å². The molecule has 27 heavy (non-hydrogen) atoms. The number of alkyl halides is 2. The van der Waals surface area contributed by atoms with Gasteiger partial charge in [0.05, 0.1) is 0 Å². The van der Waals surface area contributed by atoms with Crippen molar-refractivity contribution in [2.24, 2.45) is 0 Å². The molecule has 0 spiro atoms. The van der Waals surface area contributed by atoms with Crippen molar-refractivity contribution in [3.05, 3.63) is 53.3 Å². The van der Waals surface area contributed by atoms with Crippen molar-refractivity contribution < 1.29 is 22.7 Å². The first-order valence-electron chi connectivity index (χ1n) is 7.85. The fourth-order valence-corrected chi connectivity index (χ4v) is 2.68. The molecule has 0 radical (unpaired) electrons. The number of carbonyl (C=O) groups excluding carboxylic acids is 1. The van der Waals surface area contributed by atoms with E-state index in [-0.39, 0.29) is 29.2 Å². The number of terminal acetylenes is 1. The number of ether oxygens (including phenoxy) is 1. The number of hydrogen-bond acceptors (Lipinski definition) is 3. The molecule has 138 valence electrons. The number of amides is 1. The highest BCUT2D eigenvalue weighted by molar-refractivity contribution is 6.08. The van der Waals surface area contributed by atoms with Crippen LogP contribution in [0.4, 0.5) is 19.0 Å². The van der Waals surface area contributed by atoms with Gasteiger partial charge in [0, 0.05) is 10.9 Å². The number of rotatable bonds is 5. The van der Waals surface area contributed by atoms with Gasteiger partial charge >= 0.3 is 6.61 Å². The molecule has 3 aromatic rings. The number of aryl methyl sites for hydroxylation is 1. The number of nitrogens with zero attached hydrogens (tertiary/aromatic N) is 2. The van der Waals surface area contributed by atoms with Gasteiger partial charge in [-0.2, -0.15) is 13.9 Å². The Morgan fingerprint density at radius 1 is 1.33 bits per heavy atom. The van der Waals surface area contributed by atoms with E-state index < -0.39 is 18.3 Å². The maximum atomic E-state index is 13.0. The second-order valence-corrected chi connectivity index (χ2v) is 5.71. The molecule has 1 heterocycles. The molecule has 0 fully saturated rings. The van der Waals surface area contributed by atoms with Gasteiger partial charge in [0.1, 0.15) is 17.9 Å².